The highest BCUT2D eigenvalue weighted by Gasteiger charge is 2.18. The molecule has 0 aromatic rings. The van der Waals surface area contributed by atoms with Crippen LogP contribution in [0, 0.1) is 5.92 Å². The molecule has 0 bridgehead atoms. The Bertz CT molecular complexity index is 187. The predicted molar refractivity (Wildman–Crippen MR) is 73.2 cm³/mol. The molecule has 0 aromatic carbocycles. The number of likely N-dealkylation sites (tertiary alicyclic amines) is 1. The van der Waals surface area contributed by atoms with Crippen LogP contribution in [-0.4, -0.2) is 48.8 Å². The number of aliphatic hydroxyl groups is 1. The van der Waals surface area contributed by atoms with Gasteiger partial charge in [0.2, 0.25) is 0 Å². The highest BCUT2D eigenvalue weighted by Crippen LogP contribution is 2.19. The van der Waals surface area contributed by atoms with Crippen LogP contribution in [0.15, 0.2) is 0 Å². The molecule has 2 unspecified atom stereocenters. The SMILES string of the molecule is CCCNC(CO)CCN1CCCC(CC)C1. The highest BCUT2D eigenvalue weighted by atomic mass is 16.3. The molecular formula is C14H30N2O. The summed E-state index contributed by atoms with van der Waals surface area (Å²) in [6.45, 7) is 9.41. The van der Waals surface area contributed by atoms with Gasteiger partial charge >= 0.3 is 0 Å². The molecule has 17 heavy (non-hydrogen) atoms. The summed E-state index contributed by atoms with van der Waals surface area (Å²) in [7, 11) is 0. The second kappa shape index (κ2) is 8.90. The predicted octanol–water partition coefficient (Wildman–Crippen LogP) is 1.86. The summed E-state index contributed by atoms with van der Waals surface area (Å²) in [5.74, 6) is 0.903. The molecule has 102 valence electrons. The summed E-state index contributed by atoms with van der Waals surface area (Å²) in [6, 6.07) is 0.289. The molecule has 0 amide bonds. The molecule has 1 fully saturated rings. The van der Waals surface area contributed by atoms with E-state index in [1.165, 1.54) is 32.4 Å². The van der Waals surface area contributed by atoms with Gasteiger partial charge in [0.15, 0.2) is 0 Å². The summed E-state index contributed by atoms with van der Waals surface area (Å²) in [6.07, 6.45) is 6.29. The van der Waals surface area contributed by atoms with Crippen molar-refractivity contribution in [1.29, 1.82) is 0 Å². The van der Waals surface area contributed by atoms with Crippen LogP contribution in [0.25, 0.3) is 0 Å². The van der Waals surface area contributed by atoms with E-state index in [2.05, 4.69) is 24.1 Å². The van der Waals surface area contributed by atoms with Crippen molar-refractivity contribution in [2.24, 2.45) is 5.92 Å². The Kier molecular flexibility index (Phi) is 7.82. The monoisotopic (exact) mass is 242 g/mol. The Labute approximate surface area is 107 Å². The Morgan fingerprint density at radius 2 is 2.24 bits per heavy atom. The Morgan fingerprint density at radius 3 is 2.88 bits per heavy atom. The largest absolute Gasteiger partial charge is 0.395 e. The summed E-state index contributed by atoms with van der Waals surface area (Å²) in [5, 5.41) is 12.7. The molecule has 0 saturated carbocycles. The topological polar surface area (TPSA) is 35.5 Å². The molecule has 0 spiro atoms. The molecule has 1 saturated heterocycles. The summed E-state index contributed by atoms with van der Waals surface area (Å²) in [4.78, 5) is 2.58. The zero-order valence-electron chi connectivity index (χ0n) is 11.6. The number of hydrogen-bond donors (Lipinski definition) is 2. The first-order chi connectivity index (χ1) is 8.30. The van der Waals surface area contributed by atoms with E-state index >= 15 is 0 Å². The van der Waals surface area contributed by atoms with Gasteiger partial charge in [-0.2, -0.15) is 0 Å². The average molecular weight is 242 g/mol. The molecule has 1 heterocycles. The average Bonchev–Trinajstić information content (AvgIpc) is 2.39. The van der Waals surface area contributed by atoms with Crippen molar-refractivity contribution in [3.8, 4) is 0 Å². The number of rotatable bonds is 8. The molecule has 0 radical (unpaired) electrons. The van der Waals surface area contributed by atoms with E-state index in [4.69, 9.17) is 0 Å². The van der Waals surface area contributed by atoms with Crippen LogP contribution >= 0.6 is 0 Å². The van der Waals surface area contributed by atoms with Crippen molar-refractivity contribution < 1.29 is 5.11 Å². The molecule has 2 atom stereocenters. The van der Waals surface area contributed by atoms with Gasteiger partial charge in [0, 0.05) is 12.6 Å². The van der Waals surface area contributed by atoms with Crippen molar-refractivity contribution in [3.63, 3.8) is 0 Å². The van der Waals surface area contributed by atoms with Crippen LogP contribution in [0.4, 0.5) is 0 Å². The Balaban J connectivity index is 2.18. The van der Waals surface area contributed by atoms with Crippen molar-refractivity contribution >= 4 is 0 Å². The lowest BCUT2D eigenvalue weighted by Gasteiger charge is -2.33. The molecule has 1 aliphatic rings. The van der Waals surface area contributed by atoms with Crippen molar-refractivity contribution in [2.75, 3.05) is 32.8 Å². The second-order valence-corrected chi connectivity index (χ2v) is 5.34. The maximum atomic E-state index is 9.30. The first kappa shape index (κ1) is 14.9. The maximum absolute atomic E-state index is 9.30. The third kappa shape index (κ3) is 5.84. The van der Waals surface area contributed by atoms with Gasteiger partial charge in [0.1, 0.15) is 0 Å². The first-order valence-electron chi connectivity index (χ1n) is 7.36. The number of piperidine rings is 1. The van der Waals surface area contributed by atoms with E-state index in [-0.39, 0.29) is 12.6 Å². The zero-order valence-corrected chi connectivity index (χ0v) is 11.6. The van der Waals surface area contributed by atoms with Crippen LogP contribution in [0.3, 0.4) is 0 Å². The van der Waals surface area contributed by atoms with Gasteiger partial charge in [-0.25, -0.2) is 0 Å². The fraction of sp³-hybridized carbons (Fsp3) is 1.00. The molecule has 1 rings (SSSR count). The minimum atomic E-state index is 0.269. The van der Waals surface area contributed by atoms with Gasteiger partial charge in [0.05, 0.1) is 6.61 Å². The van der Waals surface area contributed by atoms with E-state index in [0.29, 0.717) is 0 Å². The van der Waals surface area contributed by atoms with Gasteiger partial charge in [-0.1, -0.05) is 20.3 Å². The van der Waals surface area contributed by atoms with Gasteiger partial charge in [-0.3, -0.25) is 0 Å². The zero-order chi connectivity index (χ0) is 12.5. The van der Waals surface area contributed by atoms with Gasteiger partial charge in [-0.15, -0.1) is 0 Å². The highest BCUT2D eigenvalue weighted by molar-refractivity contribution is 4.74. The number of nitrogens with zero attached hydrogens (tertiary/aromatic N) is 1. The van der Waals surface area contributed by atoms with Gasteiger partial charge < -0.3 is 15.3 Å². The molecule has 2 N–H and O–H groups in total. The molecule has 0 aromatic heterocycles. The Morgan fingerprint density at radius 1 is 1.41 bits per heavy atom. The lowest BCUT2D eigenvalue weighted by atomic mass is 9.95. The number of hydrogen-bond acceptors (Lipinski definition) is 3. The third-order valence-electron chi connectivity index (χ3n) is 3.88. The fourth-order valence-corrected chi connectivity index (χ4v) is 2.63. The van der Waals surface area contributed by atoms with Crippen LogP contribution in [-0.2, 0) is 0 Å². The summed E-state index contributed by atoms with van der Waals surface area (Å²) in [5.41, 5.74) is 0. The molecule has 0 aliphatic carbocycles. The minimum absolute atomic E-state index is 0.269. The van der Waals surface area contributed by atoms with Crippen molar-refractivity contribution in [2.45, 2.75) is 52.0 Å². The smallest absolute Gasteiger partial charge is 0.0585 e. The van der Waals surface area contributed by atoms with E-state index in [9.17, 15) is 5.11 Å². The fourth-order valence-electron chi connectivity index (χ4n) is 2.63. The second-order valence-electron chi connectivity index (χ2n) is 5.34. The number of aliphatic hydroxyl groups excluding tert-OH is 1. The summed E-state index contributed by atoms with van der Waals surface area (Å²) < 4.78 is 0. The molecule has 1 aliphatic heterocycles. The van der Waals surface area contributed by atoms with Crippen LogP contribution in [0.1, 0.15) is 46.0 Å². The molecule has 3 heteroatoms. The van der Waals surface area contributed by atoms with Gasteiger partial charge in [0.25, 0.3) is 0 Å². The number of nitrogens with one attached hydrogen (secondary N) is 1. The van der Waals surface area contributed by atoms with Crippen molar-refractivity contribution in [3.05, 3.63) is 0 Å². The summed E-state index contributed by atoms with van der Waals surface area (Å²) >= 11 is 0. The van der Waals surface area contributed by atoms with Crippen LogP contribution in [0.5, 0.6) is 0 Å². The van der Waals surface area contributed by atoms with E-state index < -0.39 is 0 Å². The van der Waals surface area contributed by atoms with E-state index in [1.807, 2.05) is 0 Å². The van der Waals surface area contributed by atoms with Crippen molar-refractivity contribution in [1.82, 2.24) is 10.2 Å². The first-order valence-corrected chi connectivity index (χ1v) is 7.36. The maximum Gasteiger partial charge on any atom is 0.0585 e. The van der Waals surface area contributed by atoms with Gasteiger partial charge in [-0.05, 0) is 51.2 Å². The van der Waals surface area contributed by atoms with Crippen LogP contribution < -0.4 is 5.32 Å². The standard InChI is InChI=1S/C14H30N2O/c1-3-8-15-14(12-17)7-10-16-9-5-6-13(4-2)11-16/h13-15,17H,3-12H2,1-2H3. The third-order valence-corrected chi connectivity index (χ3v) is 3.88. The van der Waals surface area contributed by atoms with E-state index in [0.717, 1.165) is 31.8 Å². The molecule has 3 nitrogen and oxygen atoms in total. The molecular weight excluding hydrogens is 212 g/mol. The lowest BCUT2D eigenvalue weighted by Crippen LogP contribution is -2.40. The van der Waals surface area contributed by atoms with E-state index in [1.54, 1.807) is 0 Å². The lowest BCUT2D eigenvalue weighted by molar-refractivity contribution is 0.153. The Hall–Kier alpha value is -0.120. The quantitative estimate of drug-likeness (QED) is 0.682. The normalized spacial score (nSPS) is 23.8. The van der Waals surface area contributed by atoms with Crippen LogP contribution in [0.2, 0.25) is 0 Å². The minimum Gasteiger partial charge on any atom is -0.395 e.